The molecule has 0 aliphatic rings. The second-order valence-electron chi connectivity index (χ2n) is 5.85. The number of nitrogens with one attached hydrogen (secondary N) is 1. The predicted octanol–water partition coefficient (Wildman–Crippen LogP) is 2.56. The fourth-order valence-electron chi connectivity index (χ4n) is 2.56. The Morgan fingerprint density at radius 3 is 2.54 bits per heavy atom. The molecule has 0 aliphatic heterocycles. The molecule has 2 atom stereocenters. The maximum absolute atomic E-state index is 12.6. The Morgan fingerprint density at radius 2 is 2.00 bits per heavy atom. The van der Waals surface area contributed by atoms with E-state index in [2.05, 4.69) is 10.4 Å². The summed E-state index contributed by atoms with van der Waals surface area (Å²) in [4.78, 5) is 23.0. The number of methoxy groups -OCH3 is 2. The van der Waals surface area contributed by atoms with Crippen molar-refractivity contribution in [3.05, 3.63) is 45.8 Å². The summed E-state index contributed by atoms with van der Waals surface area (Å²) >= 11 is 0. The van der Waals surface area contributed by atoms with Crippen molar-refractivity contribution in [3.8, 4) is 11.5 Å². The van der Waals surface area contributed by atoms with Crippen LogP contribution in [-0.2, 0) is 4.79 Å². The lowest BCUT2D eigenvalue weighted by atomic mass is 10.1. The van der Waals surface area contributed by atoms with Crippen LogP contribution in [0.4, 0.5) is 5.69 Å². The highest BCUT2D eigenvalue weighted by atomic mass is 16.6. The van der Waals surface area contributed by atoms with Gasteiger partial charge in [-0.15, -0.1) is 0 Å². The molecule has 2 rings (SSSR count). The van der Waals surface area contributed by atoms with E-state index >= 15 is 0 Å². The Kier molecular flexibility index (Phi) is 5.81. The van der Waals surface area contributed by atoms with Crippen LogP contribution in [-0.4, -0.2) is 34.8 Å². The molecule has 140 valence electrons. The minimum absolute atomic E-state index is 0.118. The summed E-state index contributed by atoms with van der Waals surface area (Å²) in [7, 11) is 3.11. The normalized spacial score (nSPS) is 13.0. The van der Waals surface area contributed by atoms with Crippen LogP contribution >= 0.6 is 0 Å². The van der Waals surface area contributed by atoms with Crippen molar-refractivity contribution in [1.29, 1.82) is 0 Å². The fourth-order valence-corrected chi connectivity index (χ4v) is 2.56. The third kappa shape index (κ3) is 3.93. The molecule has 0 spiro atoms. The number of ether oxygens (including phenoxy) is 2. The Hall–Kier alpha value is -3.10. The van der Waals surface area contributed by atoms with Crippen molar-refractivity contribution in [1.82, 2.24) is 15.1 Å². The zero-order chi connectivity index (χ0) is 19.4. The monoisotopic (exact) mass is 362 g/mol. The molecule has 1 amide bonds. The molecule has 1 aromatic heterocycles. The highest BCUT2D eigenvalue weighted by Crippen LogP contribution is 2.29. The third-order valence-corrected chi connectivity index (χ3v) is 4.13. The highest BCUT2D eigenvalue weighted by molar-refractivity contribution is 5.80. The van der Waals surface area contributed by atoms with Crippen molar-refractivity contribution in [2.45, 2.75) is 32.9 Å². The third-order valence-electron chi connectivity index (χ3n) is 4.13. The largest absolute Gasteiger partial charge is 0.497 e. The second-order valence-corrected chi connectivity index (χ2v) is 5.85. The fraction of sp³-hybridized carbons (Fsp3) is 0.412. The molecule has 1 N–H and O–H groups in total. The number of amides is 1. The summed E-state index contributed by atoms with van der Waals surface area (Å²) in [5.41, 5.74) is 0.902. The lowest BCUT2D eigenvalue weighted by Crippen LogP contribution is -2.33. The summed E-state index contributed by atoms with van der Waals surface area (Å²) in [5, 5.41) is 17.9. The molecular weight excluding hydrogens is 340 g/mol. The molecule has 2 aromatic rings. The van der Waals surface area contributed by atoms with Gasteiger partial charge in [0, 0.05) is 5.56 Å². The van der Waals surface area contributed by atoms with E-state index in [0.717, 1.165) is 5.56 Å². The second kappa shape index (κ2) is 7.85. The first kappa shape index (κ1) is 19.2. The molecular formula is C17H22N4O5. The Balaban J connectivity index is 2.18. The summed E-state index contributed by atoms with van der Waals surface area (Å²) in [6.07, 6.45) is 1.26. The van der Waals surface area contributed by atoms with Gasteiger partial charge in [0.2, 0.25) is 5.91 Å². The number of nitrogens with zero attached hydrogens (tertiary/aromatic N) is 3. The number of rotatable bonds is 7. The van der Waals surface area contributed by atoms with Gasteiger partial charge in [0.05, 0.1) is 25.2 Å². The van der Waals surface area contributed by atoms with Crippen molar-refractivity contribution >= 4 is 11.6 Å². The number of aryl methyl sites for hydroxylation is 1. The van der Waals surface area contributed by atoms with Gasteiger partial charge in [-0.3, -0.25) is 19.6 Å². The van der Waals surface area contributed by atoms with Gasteiger partial charge in [-0.1, -0.05) is 0 Å². The van der Waals surface area contributed by atoms with E-state index in [1.165, 1.54) is 17.8 Å². The number of carbonyl (C=O) groups is 1. The Bertz CT molecular complexity index is 817. The first-order valence-corrected chi connectivity index (χ1v) is 8.01. The first-order valence-electron chi connectivity index (χ1n) is 8.01. The van der Waals surface area contributed by atoms with E-state index in [4.69, 9.17) is 9.47 Å². The number of hydrogen-bond acceptors (Lipinski definition) is 6. The molecule has 9 nitrogen and oxygen atoms in total. The van der Waals surface area contributed by atoms with Gasteiger partial charge in [-0.25, -0.2) is 0 Å². The highest BCUT2D eigenvalue weighted by Gasteiger charge is 2.24. The zero-order valence-corrected chi connectivity index (χ0v) is 15.3. The van der Waals surface area contributed by atoms with Crippen LogP contribution in [0.15, 0.2) is 24.4 Å². The van der Waals surface area contributed by atoms with Crippen LogP contribution in [0, 0.1) is 17.0 Å². The first-order chi connectivity index (χ1) is 12.3. The molecule has 0 radical (unpaired) electrons. The average molecular weight is 362 g/mol. The maximum atomic E-state index is 12.6. The van der Waals surface area contributed by atoms with E-state index in [9.17, 15) is 14.9 Å². The molecule has 0 bridgehead atoms. The summed E-state index contributed by atoms with van der Waals surface area (Å²) < 4.78 is 11.8. The van der Waals surface area contributed by atoms with Crippen molar-refractivity contribution in [2.24, 2.45) is 0 Å². The number of benzene rings is 1. The molecule has 0 saturated carbocycles. The number of aromatic nitrogens is 2. The summed E-state index contributed by atoms with van der Waals surface area (Å²) in [6, 6.07) is 4.26. The van der Waals surface area contributed by atoms with Crippen LogP contribution in [0.1, 0.15) is 37.2 Å². The number of hydrogen-bond donors (Lipinski definition) is 1. The lowest BCUT2D eigenvalue weighted by Gasteiger charge is -2.20. The lowest BCUT2D eigenvalue weighted by molar-refractivity contribution is -0.385. The van der Waals surface area contributed by atoms with Crippen LogP contribution < -0.4 is 14.8 Å². The van der Waals surface area contributed by atoms with Crippen LogP contribution in [0.2, 0.25) is 0 Å². The minimum atomic E-state index is -0.707. The van der Waals surface area contributed by atoms with Crippen LogP contribution in [0.5, 0.6) is 11.5 Å². The molecule has 0 saturated heterocycles. The van der Waals surface area contributed by atoms with Crippen molar-refractivity contribution in [3.63, 3.8) is 0 Å². The van der Waals surface area contributed by atoms with Gasteiger partial charge in [0.1, 0.15) is 29.4 Å². The Labute approximate surface area is 151 Å². The minimum Gasteiger partial charge on any atom is -0.497 e. The van der Waals surface area contributed by atoms with Crippen molar-refractivity contribution in [2.75, 3.05) is 14.2 Å². The van der Waals surface area contributed by atoms with Gasteiger partial charge in [-0.2, -0.15) is 5.10 Å². The van der Waals surface area contributed by atoms with E-state index in [1.54, 1.807) is 39.3 Å². The average Bonchev–Trinajstić information content (AvgIpc) is 3.02. The van der Waals surface area contributed by atoms with Crippen LogP contribution in [0.25, 0.3) is 0 Å². The van der Waals surface area contributed by atoms with Gasteiger partial charge in [-0.05, 0) is 39.0 Å². The van der Waals surface area contributed by atoms with Crippen molar-refractivity contribution < 1.29 is 19.2 Å². The molecule has 0 aliphatic carbocycles. The van der Waals surface area contributed by atoms with E-state index < -0.39 is 11.0 Å². The number of carbonyl (C=O) groups excluding carboxylic acids is 1. The summed E-state index contributed by atoms with van der Waals surface area (Å²) in [5.74, 6) is 0.949. The molecule has 2 unspecified atom stereocenters. The van der Waals surface area contributed by atoms with Gasteiger partial charge in [0.15, 0.2) is 0 Å². The van der Waals surface area contributed by atoms with E-state index in [-0.39, 0.29) is 23.3 Å². The van der Waals surface area contributed by atoms with Gasteiger partial charge in [0.25, 0.3) is 0 Å². The molecule has 1 aromatic carbocycles. The Morgan fingerprint density at radius 1 is 1.31 bits per heavy atom. The van der Waals surface area contributed by atoms with E-state index in [1.807, 2.05) is 6.92 Å². The SMILES string of the molecule is COc1ccc(OC)c(C(C)NC(=O)C(C)n2cc([N+](=O)[O-])c(C)n2)c1. The van der Waals surface area contributed by atoms with Crippen LogP contribution in [0.3, 0.4) is 0 Å². The quantitative estimate of drug-likeness (QED) is 0.599. The molecule has 26 heavy (non-hydrogen) atoms. The topological polar surface area (TPSA) is 109 Å². The predicted molar refractivity (Wildman–Crippen MR) is 94.4 cm³/mol. The number of nitro groups is 1. The molecule has 9 heteroatoms. The van der Waals surface area contributed by atoms with Gasteiger partial charge >= 0.3 is 5.69 Å². The zero-order valence-electron chi connectivity index (χ0n) is 15.3. The molecule has 1 heterocycles. The van der Waals surface area contributed by atoms with E-state index in [0.29, 0.717) is 11.5 Å². The molecule has 0 fully saturated rings. The van der Waals surface area contributed by atoms with Gasteiger partial charge < -0.3 is 14.8 Å². The maximum Gasteiger partial charge on any atom is 0.309 e. The summed E-state index contributed by atoms with van der Waals surface area (Å²) in [6.45, 7) is 4.97. The standard InChI is InChI=1S/C17H22N4O5/c1-10(14-8-13(25-4)6-7-16(14)26-5)18-17(22)12(3)20-9-15(21(23)24)11(2)19-20/h6-10,12H,1-5H3,(H,18,22). The smallest absolute Gasteiger partial charge is 0.309 e.